The lowest BCUT2D eigenvalue weighted by atomic mass is 9.96. The summed E-state index contributed by atoms with van der Waals surface area (Å²) < 4.78 is 0. The van der Waals surface area contributed by atoms with Crippen molar-refractivity contribution in [3.05, 3.63) is 0 Å². The predicted molar refractivity (Wildman–Crippen MR) is 63.9 cm³/mol. The van der Waals surface area contributed by atoms with Crippen molar-refractivity contribution < 1.29 is 0 Å². The summed E-state index contributed by atoms with van der Waals surface area (Å²) >= 11 is 0. The second kappa shape index (κ2) is 4.86. The Balaban J connectivity index is 1.91. The minimum Gasteiger partial charge on any atom is -0.370 e. The summed E-state index contributed by atoms with van der Waals surface area (Å²) in [6.07, 6.45) is 9.12. The Morgan fingerprint density at radius 1 is 1.20 bits per heavy atom. The lowest BCUT2D eigenvalue weighted by molar-refractivity contribution is 0.404. The number of nitrogens with zero attached hydrogens (tertiary/aromatic N) is 2. The highest BCUT2D eigenvalue weighted by Gasteiger charge is 2.29. The highest BCUT2D eigenvalue weighted by atomic mass is 15.3. The molecule has 2 saturated carbocycles. The summed E-state index contributed by atoms with van der Waals surface area (Å²) in [6.45, 7) is 3.17. The maximum Gasteiger partial charge on any atom is 0.191 e. The van der Waals surface area contributed by atoms with E-state index in [0.29, 0.717) is 12.1 Å². The van der Waals surface area contributed by atoms with Gasteiger partial charge in [0.1, 0.15) is 0 Å². The van der Waals surface area contributed by atoms with Gasteiger partial charge in [0.2, 0.25) is 0 Å². The van der Waals surface area contributed by atoms with Gasteiger partial charge in [-0.25, -0.2) is 4.99 Å². The largest absolute Gasteiger partial charge is 0.370 e. The molecule has 0 heterocycles. The normalized spacial score (nSPS) is 24.2. The Morgan fingerprint density at radius 3 is 2.40 bits per heavy atom. The highest BCUT2D eigenvalue weighted by Crippen LogP contribution is 2.27. The van der Waals surface area contributed by atoms with Crippen molar-refractivity contribution in [3.63, 3.8) is 0 Å². The van der Waals surface area contributed by atoms with Gasteiger partial charge in [0.05, 0.1) is 6.04 Å². The summed E-state index contributed by atoms with van der Waals surface area (Å²) in [5, 5.41) is 0. The van der Waals surface area contributed by atoms with Gasteiger partial charge in [-0.15, -0.1) is 0 Å². The zero-order valence-corrected chi connectivity index (χ0v) is 9.78. The molecule has 0 atom stereocenters. The van der Waals surface area contributed by atoms with Crippen LogP contribution in [0.3, 0.4) is 0 Å². The van der Waals surface area contributed by atoms with Gasteiger partial charge in [0.15, 0.2) is 5.96 Å². The minimum atomic E-state index is 0.506. The van der Waals surface area contributed by atoms with Crippen molar-refractivity contribution in [2.75, 3.05) is 6.54 Å². The van der Waals surface area contributed by atoms with E-state index in [9.17, 15) is 0 Å². The summed E-state index contributed by atoms with van der Waals surface area (Å²) in [4.78, 5) is 6.96. The topological polar surface area (TPSA) is 41.6 Å². The monoisotopic (exact) mass is 209 g/mol. The number of hydrogen-bond acceptors (Lipinski definition) is 1. The molecule has 2 fully saturated rings. The first-order chi connectivity index (χ1) is 7.31. The molecule has 0 spiro atoms. The second-order valence-corrected chi connectivity index (χ2v) is 4.80. The predicted octanol–water partition coefficient (Wildman–Crippen LogP) is 2.12. The van der Waals surface area contributed by atoms with E-state index < -0.39 is 0 Å². The van der Waals surface area contributed by atoms with Crippen LogP contribution in [0.25, 0.3) is 0 Å². The Morgan fingerprint density at radius 2 is 1.87 bits per heavy atom. The molecular weight excluding hydrogens is 186 g/mol. The van der Waals surface area contributed by atoms with Crippen molar-refractivity contribution in [2.24, 2.45) is 10.7 Å². The van der Waals surface area contributed by atoms with E-state index in [0.717, 1.165) is 12.5 Å². The van der Waals surface area contributed by atoms with E-state index in [4.69, 9.17) is 5.73 Å². The standard InChI is InChI=1S/C12H23N3/c1-2-15(11-8-9-11)12(13)14-10-6-4-3-5-7-10/h10-11H,2-9H2,1H3,(H2,13,14). The first-order valence-electron chi connectivity index (χ1n) is 6.41. The molecule has 0 radical (unpaired) electrons. The van der Waals surface area contributed by atoms with E-state index in [1.807, 2.05) is 0 Å². The molecule has 2 aliphatic carbocycles. The molecule has 2 N–H and O–H groups in total. The number of guanidine groups is 1. The molecule has 0 aromatic rings. The van der Waals surface area contributed by atoms with Gasteiger partial charge in [-0.3, -0.25) is 0 Å². The maximum absolute atomic E-state index is 6.08. The molecule has 15 heavy (non-hydrogen) atoms. The van der Waals surface area contributed by atoms with Gasteiger partial charge in [0.25, 0.3) is 0 Å². The van der Waals surface area contributed by atoms with Crippen LogP contribution in [0.4, 0.5) is 0 Å². The molecule has 0 bridgehead atoms. The second-order valence-electron chi connectivity index (χ2n) is 4.80. The summed E-state index contributed by atoms with van der Waals surface area (Å²) in [7, 11) is 0. The van der Waals surface area contributed by atoms with Crippen LogP contribution in [0.2, 0.25) is 0 Å². The molecule has 0 amide bonds. The van der Waals surface area contributed by atoms with Crippen LogP contribution < -0.4 is 5.73 Å². The van der Waals surface area contributed by atoms with Crippen molar-refractivity contribution in [1.82, 2.24) is 4.90 Å². The van der Waals surface area contributed by atoms with E-state index in [1.54, 1.807) is 0 Å². The highest BCUT2D eigenvalue weighted by molar-refractivity contribution is 5.78. The smallest absolute Gasteiger partial charge is 0.191 e. The fourth-order valence-electron chi connectivity index (χ4n) is 2.46. The third-order valence-corrected chi connectivity index (χ3v) is 3.51. The zero-order valence-electron chi connectivity index (χ0n) is 9.78. The van der Waals surface area contributed by atoms with Gasteiger partial charge in [-0.1, -0.05) is 19.3 Å². The molecule has 86 valence electrons. The van der Waals surface area contributed by atoms with Crippen molar-refractivity contribution in [1.29, 1.82) is 0 Å². The Hall–Kier alpha value is -0.730. The molecule has 3 heteroatoms. The number of nitrogens with two attached hydrogens (primary N) is 1. The average Bonchev–Trinajstić information content (AvgIpc) is 3.04. The van der Waals surface area contributed by atoms with E-state index >= 15 is 0 Å². The molecule has 2 aliphatic rings. The maximum atomic E-state index is 6.08. The van der Waals surface area contributed by atoms with Crippen molar-refractivity contribution in [3.8, 4) is 0 Å². The van der Waals surface area contributed by atoms with Crippen LogP contribution in [0.15, 0.2) is 4.99 Å². The van der Waals surface area contributed by atoms with Crippen LogP contribution in [0.5, 0.6) is 0 Å². The molecule has 0 aliphatic heterocycles. The zero-order chi connectivity index (χ0) is 10.7. The van der Waals surface area contributed by atoms with Crippen molar-refractivity contribution >= 4 is 5.96 Å². The van der Waals surface area contributed by atoms with Crippen LogP contribution in [-0.4, -0.2) is 29.5 Å². The van der Waals surface area contributed by atoms with Crippen LogP contribution in [0.1, 0.15) is 51.9 Å². The van der Waals surface area contributed by atoms with Crippen molar-refractivity contribution in [2.45, 2.75) is 64.0 Å². The minimum absolute atomic E-state index is 0.506. The SMILES string of the molecule is CCN(C(N)=NC1CCCCC1)C1CC1. The first kappa shape index (κ1) is 10.8. The molecule has 0 saturated heterocycles. The number of aliphatic imine (C=N–C) groups is 1. The summed E-state index contributed by atoms with van der Waals surface area (Å²) in [5.41, 5.74) is 6.08. The first-order valence-corrected chi connectivity index (χ1v) is 6.41. The lowest BCUT2D eigenvalue weighted by Gasteiger charge is -2.24. The van der Waals surface area contributed by atoms with Gasteiger partial charge in [0, 0.05) is 12.6 Å². The van der Waals surface area contributed by atoms with E-state index in [1.165, 1.54) is 44.9 Å². The van der Waals surface area contributed by atoms with Crippen LogP contribution >= 0.6 is 0 Å². The quantitative estimate of drug-likeness (QED) is 0.571. The number of rotatable bonds is 3. The third-order valence-electron chi connectivity index (χ3n) is 3.51. The molecule has 2 rings (SSSR count). The van der Waals surface area contributed by atoms with E-state index in [-0.39, 0.29) is 0 Å². The van der Waals surface area contributed by atoms with Gasteiger partial charge < -0.3 is 10.6 Å². The fraction of sp³-hybridized carbons (Fsp3) is 0.917. The Kier molecular flexibility index (Phi) is 3.49. The molecule has 0 aromatic carbocycles. The number of hydrogen-bond donors (Lipinski definition) is 1. The molecule has 0 aromatic heterocycles. The fourth-order valence-corrected chi connectivity index (χ4v) is 2.46. The van der Waals surface area contributed by atoms with Gasteiger partial charge >= 0.3 is 0 Å². The van der Waals surface area contributed by atoms with Crippen LogP contribution in [-0.2, 0) is 0 Å². The third kappa shape index (κ3) is 2.86. The van der Waals surface area contributed by atoms with Gasteiger partial charge in [-0.05, 0) is 32.6 Å². The summed E-state index contributed by atoms with van der Waals surface area (Å²) in [6, 6.07) is 1.20. The molecular formula is C12H23N3. The summed E-state index contributed by atoms with van der Waals surface area (Å²) in [5.74, 6) is 0.798. The Bertz CT molecular complexity index is 227. The average molecular weight is 209 g/mol. The molecule has 3 nitrogen and oxygen atoms in total. The van der Waals surface area contributed by atoms with Crippen LogP contribution in [0, 0.1) is 0 Å². The Labute approximate surface area is 92.7 Å². The lowest BCUT2D eigenvalue weighted by Crippen LogP contribution is -2.40. The van der Waals surface area contributed by atoms with Gasteiger partial charge in [-0.2, -0.15) is 0 Å². The molecule has 0 unspecified atom stereocenters. The van der Waals surface area contributed by atoms with E-state index in [2.05, 4.69) is 16.8 Å².